The van der Waals surface area contributed by atoms with Gasteiger partial charge in [0.25, 0.3) is 5.91 Å². The number of carbonyl (C=O) groups excluding carboxylic acids is 1. The van der Waals surface area contributed by atoms with Crippen LogP contribution in [-0.4, -0.2) is 12.5 Å². The summed E-state index contributed by atoms with van der Waals surface area (Å²) in [7, 11) is 0. The van der Waals surface area contributed by atoms with E-state index < -0.39 is 11.7 Å². The van der Waals surface area contributed by atoms with Crippen LogP contribution in [0.1, 0.15) is 23.7 Å². The van der Waals surface area contributed by atoms with Crippen molar-refractivity contribution in [2.24, 2.45) is 0 Å². The van der Waals surface area contributed by atoms with Crippen LogP contribution < -0.4 is 5.32 Å². The van der Waals surface area contributed by atoms with Gasteiger partial charge in [-0.15, -0.1) is 0 Å². The van der Waals surface area contributed by atoms with Crippen molar-refractivity contribution in [2.45, 2.75) is 13.3 Å². The zero-order valence-electron chi connectivity index (χ0n) is 8.97. The van der Waals surface area contributed by atoms with Crippen LogP contribution in [0.2, 0.25) is 5.02 Å². The molecule has 16 heavy (non-hydrogen) atoms. The number of rotatable bonds is 4. The molecule has 1 N–H and O–H groups in total. The minimum absolute atomic E-state index is 0.0929. The Hall–Kier alpha value is -1.35. The molecule has 0 aromatic heterocycles. The maximum Gasteiger partial charge on any atom is 0.255 e. The smallest absolute Gasteiger partial charge is 0.255 e. The van der Waals surface area contributed by atoms with Crippen LogP contribution in [0, 0.1) is 5.82 Å². The molecule has 0 atom stereocenters. The summed E-state index contributed by atoms with van der Waals surface area (Å²) in [5, 5.41) is 2.73. The molecule has 0 saturated carbocycles. The van der Waals surface area contributed by atoms with E-state index in [-0.39, 0.29) is 10.6 Å². The maximum atomic E-state index is 13.3. The Balaban J connectivity index is 2.66. The Labute approximate surface area is 99.1 Å². The molecule has 0 aliphatic heterocycles. The number of hydrogen-bond acceptors (Lipinski definition) is 1. The van der Waals surface area contributed by atoms with Gasteiger partial charge in [-0.1, -0.05) is 29.8 Å². The van der Waals surface area contributed by atoms with Crippen molar-refractivity contribution in [1.29, 1.82) is 0 Å². The molecule has 0 bridgehead atoms. The van der Waals surface area contributed by atoms with E-state index in [0.717, 1.165) is 0 Å². The molecule has 2 nitrogen and oxygen atoms in total. The summed E-state index contributed by atoms with van der Waals surface area (Å²) in [6.07, 6.45) is 4.53. The van der Waals surface area contributed by atoms with Gasteiger partial charge in [-0.2, -0.15) is 0 Å². The summed E-state index contributed by atoms with van der Waals surface area (Å²) in [4.78, 5) is 11.6. The highest BCUT2D eigenvalue weighted by Gasteiger charge is 2.14. The molecular weight excluding hydrogens is 229 g/mol. The van der Waals surface area contributed by atoms with Crippen LogP contribution in [-0.2, 0) is 0 Å². The fraction of sp³-hybridized carbons (Fsp3) is 0.250. The number of carbonyl (C=O) groups is 1. The van der Waals surface area contributed by atoms with Crippen molar-refractivity contribution in [3.8, 4) is 0 Å². The third-order valence-electron chi connectivity index (χ3n) is 2.02. The van der Waals surface area contributed by atoms with E-state index >= 15 is 0 Å². The first kappa shape index (κ1) is 12.7. The zero-order valence-corrected chi connectivity index (χ0v) is 9.72. The van der Waals surface area contributed by atoms with E-state index in [0.29, 0.717) is 13.0 Å². The van der Waals surface area contributed by atoms with Crippen molar-refractivity contribution >= 4 is 17.5 Å². The first-order valence-corrected chi connectivity index (χ1v) is 5.38. The maximum absolute atomic E-state index is 13.3. The average molecular weight is 242 g/mol. The number of hydrogen-bond donors (Lipinski definition) is 1. The van der Waals surface area contributed by atoms with Crippen molar-refractivity contribution in [3.05, 3.63) is 46.8 Å². The molecule has 1 aromatic carbocycles. The van der Waals surface area contributed by atoms with Crippen LogP contribution in [0.25, 0.3) is 0 Å². The molecule has 1 amide bonds. The van der Waals surface area contributed by atoms with Crippen LogP contribution in [0.5, 0.6) is 0 Å². The number of nitrogens with one attached hydrogen (secondary N) is 1. The summed E-state index contributed by atoms with van der Waals surface area (Å²) in [6, 6.07) is 4.17. The first-order valence-electron chi connectivity index (χ1n) is 5.00. The summed E-state index contributed by atoms with van der Waals surface area (Å²) in [5.41, 5.74) is -0.0929. The summed E-state index contributed by atoms with van der Waals surface area (Å²) in [5.74, 6) is -1.08. The van der Waals surface area contributed by atoms with Crippen LogP contribution in [0.3, 0.4) is 0 Å². The highest BCUT2D eigenvalue weighted by molar-refractivity contribution is 6.33. The Kier molecular flexibility index (Phi) is 4.99. The molecule has 0 saturated heterocycles. The van der Waals surface area contributed by atoms with E-state index in [1.165, 1.54) is 18.2 Å². The van der Waals surface area contributed by atoms with E-state index in [1.54, 1.807) is 0 Å². The van der Waals surface area contributed by atoms with E-state index in [1.807, 2.05) is 19.1 Å². The molecule has 86 valence electrons. The van der Waals surface area contributed by atoms with E-state index in [2.05, 4.69) is 5.32 Å². The Bertz CT molecular complexity index is 384. The highest BCUT2D eigenvalue weighted by atomic mass is 35.5. The van der Waals surface area contributed by atoms with E-state index in [9.17, 15) is 9.18 Å². The molecule has 0 aliphatic rings. The number of allylic oxidation sites excluding steroid dienone is 1. The Morgan fingerprint density at radius 3 is 2.94 bits per heavy atom. The fourth-order valence-corrected chi connectivity index (χ4v) is 1.49. The summed E-state index contributed by atoms with van der Waals surface area (Å²) >= 11 is 5.75. The number of benzene rings is 1. The molecule has 0 aliphatic carbocycles. The van der Waals surface area contributed by atoms with Gasteiger partial charge in [0, 0.05) is 6.54 Å². The lowest BCUT2D eigenvalue weighted by Crippen LogP contribution is -2.25. The lowest BCUT2D eigenvalue weighted by atomic mass is 10.2. The predicted octanol–water partition coefficient (Wildman–Crippen LogP) is 3.18. The SMILES string of the molecule is C/C=C/CCNC(=O)c1c(F)cccc1Cl. The minimum atomic E-state index is -0.601. The van der Waals surface area contributed by atoms with Gasteiger partial charge < -0.3 is 5.32 Å². The van der Waals surface area contributed by atoms with Crippen LogP contribution in [0.15, 0.2) is 30.4 Å². The van der Waals surface area contributed by atoms with Gasteiger partial charge in [-0.3, -0.25) is 4.79 Å². The fourth-order valence-electron chi connectivity index (χ4n) is 1.24. The second kappa shape index (κ2) is 6.28. The lowest BCUT2D eigenvalue weighted by molar-refractivity contribution is 0.0950. The topological polar surface area (TPSA) is 29.1 Å². The Morgan fingerprint density at radius 2 is 2.31 bits per heavy atom. The van der Waals surface area contributed by atoms with Crippen molar-refractivity contribution in [1.82, 2.24) is 5.32 Å². The summed E-state index contributed by atoms with van der Waals surface area (Å²) < 4.78 is 13.3. The zero-order chi connectivity index (χ0) is 12.0. The predicted molar refractivity (Wildman–Crippen MR) is 63.2 cm³/mol. The van der Waals surface area contributed by atoms with Crippen molar-refractivity contribution < 1.29 is 9.18 Å². The molecule has 0 fully saturated rings. The first-order chi connectivity index (χ1) is 7.66. The number of halogens is 2. The highest BCUT2D eigenvalue weighted by Crippen LogP contribution is 2.18. The standard InChI is InChI=1S/C12H13ClFNO/c1-2-3-4-8-15-12(16)11-9(13)6-5-7-10(11)14/h2-3,5-7H,4,8H2,1H3,(H,15,16)/b3-2+. The number of amides is 1. The third kappa shape index (κ3) is 3.35. The van der Waals surface area contributed by atoms with Crippen LogP contribution >= 0.6 is 11.6 Å². The minimum Gasteiger partial charge on any atom is -0.352 e. The molecule has 4 heteroatoms. The van der Waals surface area contributed by atoms with Crippen LogP contribution in [0.4, 0.5) is 4.39 Å². The third-order valence-corrected chi connectivity index (χ3v) is 2.34. The second-order valence-corrected chi connectivity index (χ2v) is 3.62. The van der Waals surface area contributed by atoms with Gasteiger partial charge in [0.15, 0.2) is 0 Å². The largest absolute Gasteiger partial charge is 0.352 e. The molecule has 0 spiro atoms. The average Bonchev–Trinajstić information content (AvgIpc) is 2.24. The summed E-state index contributed by atoms with van der Waals surface area (Å²) in [6.45, 7) is 2.36. The monoisotopic (exact) mass is 241 g/mol. The van der Waals surface area contributed by atoms with Crippen molar-refractivity contribution in [2.75, 3.05) is 6.54 Å². The Morgan fingerprint density at radius 1 is 1.56 bits per heavy atom. The molecular formula is C12H13ClFNO. The molecule has 0 radical (unpaired) electrons. The van der Waals surface area contributed by atoms with E-state index in [4.69, 9.17) is 11.6 Å². The van der Waals surface area contributed by atoms with Gasteiger partial charge in [0.05, 0.1) is 10.6 Å². The van der Waals surface area contributed by atoms with Gasteiger partial charge in [-0.25, -0.2) is 4.39 Å². The lowest BCUT2D eigenvalue weighted by Gasteiger charge is -2.06. The quantitative estimate of drug-likeness (QED) is 0.637. The van der Waals surface area contributed by atoms with Gasteiger partial charge in [0.1, 0.15) is 5.82 Å². The normalized spacial score (nSPS) is 10.7. The molecule has 0 heterocycles. The molecule has 1 rings (SSSR count). The second-order valence-electron chi connectivity index (χ2n) is 3.21. The molecule has 0 unspecified atom stereocenters. The van der Waals surface area contributed by atoms with Gasteiger partial charge in [-0.05, 0) is 25.5 Å². The van der Waals surface area contributed by atoms with Gasteiger partial charge >= 0.3 is 0 Å². The van der Waals surface area contributed by atoms with Gasteiger partial charge in [0.2, 0.25) is 0 Å². The van der Waals surface area contributed by atoms with Crippen molar-refractivity contribution in [3.63, 3.8) is 0 Å². The molecule has 1 aromatic rings.